The predicted octanol–water partition coefficient (Wildman–Crippen LogP) is 3.98. The summed E-state index contributed by atoms with van der Waals surface area (Å²) in [4.78, 5) is 23.6. The summed E-state index contributed by atoms with van der Waals surface area (Å²) in [5.74, 6) is 0.422. The fourth-order valence-electron chi connectivity index (χ4n) is 2.07. The molecular formula is C19H20O4. The molecule has 0 saturated heterocycles. The quantitative estimate of drug-likeness (QED) is 0.598. The van der Waals surface area contributed by atoms with Crippen LogP contribution in [0.1, 0.15) is 30.4 Å². The Balaban J connectivity index is 1.74. The van der Waals surface area contributed by atoms with Crippen LogP contribution < -0.4 is 9.47 Å². The third-order valence-corrected chi connectivity index (χ3v) is 3.40. The Kier molecular flexibility index (Phi) is 5.92. The van der Waals surface area contributed by atoms with Gasteiger partial charge >= 0.3 is 11.9 Å². The van der Waals surface area contributed by atoms with E-state index in [9.17, 15) is 9.59 Å². The van der Waals surface area contributed by atoms with Crippen LogP contribution in [0.25, 0.3) is 0 Å². The zero-order valence-corrected chi connectivity index (χ0v) is 13.4. The molecule has 0 aliphatic heterocycles. The highest BCUT2D eigenvalue weighted by atomic mass is 16.5. The molecule has 0 radical (unpaired) electrons. The number of carbonyl (C=O) groups is 2. The zero-order chi connectivity index (χ0) is 16.7. The molecule has 0 N–H and O–H groups in total. The van der Waals surface area contributed by atoms with Crippen molar-refractivity contribution in [2.24, 2.45) is 0 Å². The molecule has 2 rings (SSSR count). The first-order valence-corrected chi connectivity index (χ1v) is 7.59. The lowest BCUT2D eigenvalue weighted by Gasteiger charge is -2.08. The summed E-state index contributed by atoms with van der Waals surface area (Å²) in [6.45, 7) is 3.75. The third kappa shape index (κ3) is 5.25. The summed E-state index contributed by atoms with van der Waals surface area (Å²) in [6.07, 6.45) is 0.754. The molecule has 4 heteroatoms. The Hall–Kier alpha value is -2.62. The Morgan fingerprint density at radius 1 is 0.739 bits per heavy atom. The maximum atomic E-state index is 11.8. The van der Waals surface area contributed by atoms with E-state index >= 15 is 0 Å². The normalized spacial score (nSPS) is 10.2. The van der Waals surface area contributed by atoms with Crippen LogP contribution in [0.15, 0.2) is 48.5 Å². The van der Waals surface area contributed by atoms with Gasteiger partial charge in [-0.05, 0) is 43.5 Å². The first kappa shape index (κ1) is 16.7. The van der Waals surface area contributed by atoms with E-state index in [1.165, 1.54) is 0 Å². The third-order valence-electron chi connectivity index (χ3n) is 3.40. The maximum Gasteiger partial charge on any atom is 0.311 e. The second-order valence-electron chi connectivity index (χ2n) is 5.33. The molecule has 0 aliphatic carbocycles. The van der Waals surface area contributed by atoms with Crippen molar-refractivity contribution < 1.29 is 19.1 Å². The van der Waals surface area contributed by atoms with Crippen molar-refractivity contribution in [3.63, 3.8) is 0 Å². The van der Waals surface area contributed by atoms with Crippen molar-refractivity contribution in [1.29, 1.82) is 0 Å². The lowest BCUT2D eigenvalue weighted by Crippen LogP contribution is -2.12. The molecule has 0 amide bonds. The highest BCUT2D eigenvalue weighted by Crippen LogP contribution is 2.18. The average molecular weight is 312 g/mol. The molecule has 0 heterocycles. The average Bonchev–Trinajstić information content (AvgIpc) is 2.52. The van der Waals surface area contributed by atoms with Gasteiger partial charge in [0.2, 0.25) is 0 Å². The summed E-state index contributed by atoms with van der Waals surface area (Å²) < 4.78 is 10.5. The molecule has 0 bridgehead atoms. The van der Waals surface area contributed by atoms with E-state index in [0.717, 1.165) is 11.1 Å². The van der Waals surface area contributed by atoms with Crippen LogP contribution in [0.5, 0.6) is 11.5 Å². The smallest absolute Gasteiger partial charge is 0.311 e. The number of carbonyl (C=O) groups excluding carboxylic acids is 2. The minimum Gasteiger partial charge on any atom is -0.426 e. The van der Waals surface area contributed by atoms with Crippen molar-refractivity contribution in [3.8, 4) is 11.5 Å². The van der Waals surface area contributed by atoms with Crippen LogP contribution >= 0.6 is 0 Å². The summed E-state index contributed by atoms with van der Waals surface area (Å²) in [6, 6.07) is 14.6. The highest BCUT2D eigenvalue weighted by Gasteiger charge is 2.10. The summed E-state index contributed by atoms with van der Waals surface area (Å²) in [5, 5.41) is 0. The second-order valence-corrected chi connectivity index (χ2v) is 5.33. The summed E-state index contributed by atoms with van der Waals surface area (Å²) in [5.41, 5.74) is 1.81. The van der Waals surface area contributed by atoms with Crippen LogP contribution in [0.3, 0.4) is 0 Å². The van der Waals surface area contributed by atoms with E-state index in [-0.39, 0.29) is 24.8 Å². The molecule has 0 aromatic heterocycles. The molecule has 0 spiro atoms. The molecule has 23 heavy (non-hydrogen) atoms. The van der Waals surface area contributed by atoms with E-state index in [4.69, 9.17) is 9.47 Å². The Bertz CT molecular complexity index is 632. The monoisotopic (exact) mass is 312 g/mol. The van der Waals surface area contributed by atoms with Crippen LogP contribution in [0, 0.1) is 13.8 Å². The second kappa shape index (κ2) is 8.13. The topological polar surface area (TPSA) is 52.6 Å². The van der Waals surface area contributed by atoms with Gasteiger partial charge in [0.15, 0.2) is 0 Å². The van der Waals surface area contributed by atoms with Gasteiger partial charge in [0, 0.05) is 12.8 Å². The highest BCUT2D eigenvalue weighted by molar-refractivity contribution is 5.75. The number of hydrogen-bond donors (Lipinski definition) is 0. The Morgan fingerprint density at radius 3 is 1.52 bits per heavy atom. The van der Waals surface area contributed by atoms with Gasteiger partial charge in [-0.15, -0.1) is 0 Å². The van der Waals surface area contributed by atoms with Gasteiger partial charge in [-0.25, -0.2) is 0 Å². The van der Waals surface area contributed by atoms with Crippen molar-refractivity contribution in [2.75, 3.05) is 0 Å². The predicted molar refractivity (Wildman–Crippen MR) is 87.5 cm³/mol. The summed E-state index contributed by atoms with van der Waals surface area (Å²) >= 11 is 0. The van der Waals surface area contributed by atoms with Gasteiger partial charge in [0.1, 0.15) is 11.5 Å². The van der Waals surface area contributed by atoms with Crippen LogP contribution in [0.2, 0.25) is 0 Å². The Morgan fingerprint density at radius 2 is 1.13 bits per heavy atom. The van der Waals surface area contributed by atoms with Gasteiger partial charge in [0.25, 0.3) is 0 Å². The van der Waals surface area contributed by atoms with Crippen molar-refractivity contribution in [3.05, 3.63) is 59.7 Å². The largest absolute Gasteiger partial charge is 0.426 e. The lowest BCUT2D eigenvalue weighted by atomic mass is 10.2. The van der Waals surface area contributed by atoms with Crippen molar-refractivity contribution in [2.45, 2.75) is 33.1 Å². The van der Waals surface area contributed by atoms with Crippen molar-refractivity contribution in [1.82, 2.24) is 0 Å². The van der Waals surface area contributed by atoms with Gasteiger partial charge in [-0.2, -0.15) is 0 Å². The van der Waals surface area contributed by atoms with Crippen LogP contribution in [0.4, 0.5) is 0 Å². The molecule has 0 unspecified atom stereocenters. The van der Waals surface area contributed by atoms with Gasteiger partial charge in [-0.3, -0.25) is 9.59 Å². The number of esters is 2. The number of aryl methyl sites for hydroxylation is 2. The first-order chi connectivity index (χ1) is 11.1. The van der Waals surface area contributed by atoms with Gasteiger partial charge in [-0.1, -0.05) is 36.4 Å². The molecule has 4 nitrogen and oxygen atoms in total. The van der Waals surface area contributed by atoms with E-state index in [2.05, 4.69) is 0 Å². The Labute approximate surface area is 136 Å². The number of benzene rings is 2. The van der Waals surface area contributed by atoms with Crippen molar-refractivity contribution >= 4 is 11.9 Å². The maximum absolute atomic E-state index is 11.8. The molecule has 120 valence electrons. The summed E-state index contributed by atoms with van der Waals surface area (Å²) in [7, 11) is 0. The van der Waals surface area contributed by atoms with E-state index in [1.54, 1.807) is 12.1 Å². The number of para-hydroxylation sites is 2. The van der Waals surface area contributed by atoms with Gasteiger partial charge in [0.05, 0.1) is 0 Å². The molecule has 0 fully saturated rings. The first-order valence-electron chi connectivity index (χ1n) is 7.59. The number of hydrogen-bond acceptors (Lipinski definition) is 4. The standard InChI is InChI=1S/C19H20O4/c1-14-8-3-5-10-16(14)22-18(20)12-7-13-19(21)23-17-11-6-4-9-15(17)2/h3-6,8-11H,7,12-13H2,1-2H3. The minimum atomic E-state index is -0.344. The van der Waals surface area contributed by atoms with Gasteiger partial charge < -0.3 is 9.47 Å². The minimum absolute atomic E-state index is 0.178. The molecular weight excluding hydrogens is 292 g/mol. The van der Waals surface area contributed by atoms with E-state index in [1.807, 2.05) is 50.2 Å². The molecule has 0 saturated carbocycles. The fraction of sp³-hybridized carbons (Fsp3) is 0.263. The zero-order valence-electron chi connectivity index (χ0n) is 13.4. The number of rotatable bonds is 6. The lowest BCUT2D eigenvalue weighted by molar-refractivity contribution is -0.136. The fourth-order valence-corrected chi connectivity index (χ4v) is 2.07. The molecule has 2 aromatic rings. The molecule has 0 atom stereocenters. The molecule has 2 aromatic carbocycles. The van der Waals surface area contributed by atoms with Crippen LogP contribution in [-0.2, 0) is 9.59 Å². The van der Waals surface area contributed by atoms with Crippen LogP contribution in [-0.4, -0.2) is 11.9 Å². The SMILES string of the molecule is Cc1ccccc1OC(=O)CCCC(=O)Oc1ccccc1C. The van der Waals surface area contributed by atoms with E-state index in [0.29, 0.717) is 17.9 Å². The van der Waals surface area contributed by atoms with E-state index < -0.39 is 0 Å². The number of ether oxygens (including phenoxy) is 2. The molecule has 0 aliphatic rings.